The molecule has 4 N–H and O–H groups in total. The van der Waals surface area contributed by atoms with Gasteiger partial charge in [-0.05, 0) is 31.2 Å². The van der Waals surface area contributed by atoms with E-state index in [1.54, 1.807) is 6.92 Å². The van der Waals surface area contributed by atoms with Gasteiger partial charge in [-0.15, -0.1) is 0 Å². The first-order chi connectivity index (χ1) is 11.8. The number of ether oxygens (including phenoxy) is 3. The van der Waals surface area contributed by atoms with Crippen LogP contribution in [0.15, 0.2) is 24.3 Å². The first kappa shape index (κ1) is 19.7. The second-order valence-corrected chi connectivity index (χ2v) is 5.82. The standard InChI is InChI=1S/C16H22O9/c1-2-23-11(19)7-16(5-3-9(18)4-6-16)25-15-14(22)13(21)12(20)10(8-17)24-15/h3-6,10,12-15,17,20-22H,2,7-8H2,1H3/t10-,12-,13+,14-,15+/m1/s1. The fourth-order valence-corrected chi connectivity index (χ4v) is 2.61. The van der Waals surface area contributed by atoms with Gasteiger partial charge >= 0.3 is 5.97 Å². The monoisotopic (exact) mass is 358 g/mol. The highest BCUT2D eigenvalue weighted by molar-refractivity contribution is 6.00. The number of esters is 1. The molecule has 1 aliphatic heterocycles. The first-order valence-corrected chi connectivity index (χ1v) is 7.88. The molecule has 2 aliphatic rings. The molecule has 0 bridgehead atoms. The van der Waals surface area contributed by atoms with Gasteiger partial charge in [-0.1, -0.05) is 0 Å². The van der Waals surface area contributed by atoms with Crippen LogP contribution in [0.1, 0.15) is 13.3 Å². The fraction of sp³-hybridized carbons (Fsp3) is 0.625. The third-order valence-electron chi connectivity index (χ3n) is 3.97. The molecule has 9 nitrogen and oxygen atoms in total. The molecule has 1 saturated heterocycles. The lowest BCUT2D eigenvalue weighted by molar-refractivity contribution is -0.316. The average Bonchev–Trinajstić information content (AvgIpc) is 2.58. The van der Waals surface area contributed by atoms with Crippen LogP contribution in [0.4, 0.5) is 0 Å². The Morgan fingerprint density at radius 3 is 2.40 bits per heavy atom. The highest BCUT2D eigenvalue weighted by atomic mass is 16.7. The van der Waals surface area contributed by atoms with Gasteiger partial charge in [0.1, 0.15) is 30.0 Å². The van der Waals surface area contributed by atoms with E-state index in [0.717, 1.165) is 0 Å². The van der Waals surface area contributed by atoms with E-state index in [4.69, 9.17) is 14.2 Å². The largest absolute Gasteiger partial charge is 0.466 e. The van der Waals surface area contributed by atoms with E-state index in [1.165, 1.54) is 24.3 Å². The van der Waals surface area contributed by atoms with Crippen LogP contribution in [0.5, 0.6) is 0 Å². The Bertz CT molecular complexity index is 538. The van der Waals surface area contributed by atoms with Crippen molar-refractivity contribution in [1.29, 1.82) is 0 Å². The number of rotatable bonds is 6. The zero-order chi connectivity index (χ0) is 18.6. The van der Waals surface area contributed by atoms with Crippen molar-refractivity contribution in [3.05, 3.63) is 24.3 Å². The molecule has 1 fully saturated rings. The molecule has 0 unspecified atom stereocenters. The topological polar surface area (TPSA) is 143 Å². The Hall–Kier alpha value is -1.62. The minimum atomic E-state index is -1.63. The molecule has 1 aliphatic carbocycles. The van der Waals surface area contributed by atoms with Crippen molar-refractivity contribution >= 4 is 11.8 Å². The Morgan fingerprint density at radius 1 is 1.20 bits per heavy atom. The van der Waals surface area contributed by atoms with E-state index in [2.05, 4.69) is 0 Å². The molecule has 2 rings (SSSR count). The molecule has 0 aromatic carbocycles. The zero-order valence-electron chi connectivity index (χ0n) is 13.6. The number of hydrogen-bond acceptors (Lipinski definition) is 9. The molecule has 0 aromatic heterocycles. The SMILES string of the molecule is CCOC(=O)CC1(O[C@@H]2O[C@H](CO)[C@@H](O)[C@H](O)[C@H]2O)C=CC(=O)C=C1. The van der Waals surface area contributed by atoms with Crippen molar-refractivity contribution in [1.82, 2.24) is 0 Å². The molecule has 25 heavy (non-hydrogen) atoms. The van der Waals surface area contributed by atoms with Crippen LogP contribution in [0, 0.1) is 0 Å². The fourth-order valence-electron chi connectivity index (χ4n) is 2.61. The quantitative estimate of drug-likeness (QED) is 0.404. The molecule has 0 saturated carbocycles. The lowest BCUT2D eigenvalue weighted by Crippen LogP contribution is -2.60. The van der Waals surface area contributed by atoms with Gasteiger partial charge in [0.25, 0.3) is 0 Å². The van der Waals surface area contributed by atoms with Gasteiger partial charge in [-0.25, -0.2) is 0 Å². The number of hydrogen-bond donors (Lipinski definition) is 4. The number of allylic oxidation sites excluding steroid dienone is 2. The van der Waals surface area contributed by atoms with Crippen LogP contribution in [0.2, 0.25) is 0 Å². The predicted octanol–water partition coefficient (Wildman–Crippen LogP) is -1.81. The number of ketones is 1. The summed E-state index contributed by atoms with van der Waals surface area (Å²) >= 11 is 0. The molecule has 140 valence electrons. The zero-order valence-corrected chi connectivity index (χ0v) is 13.6. The summed E-state index contributed by atoms with van der Waals surface area (Å²) in [4.78, 5) is 23.3. The second-order valence-electron chi connectivity index (χ2n) is 5.82. The van der Waals surface area contributed by atoms with E-state index in [9.17, 15) is 30.0 Å². The maximum absolute atomic E-state index is 11.9. The summed E-state index contributed by atoms with van der Waals surface area (Å²) in [6.45, 7) is 1.18. The lowest BCUT2D eigenvalue weighted by Gasteiger charge is -2.43. The minimum Gasteiger partial charge on any atom is -0.466 e. The maximum Gasteiger partial charge on any atom is 0.309 e. The Kier molecular flexibility index (Phi) is 6.44. The van der Waals surface area contributed by atoms with Crippen LogP contribution in [0.3, 0.4) is 0 Å². The van der Waals surface area contributed by atoms with Gasteiger partial charge in [-0.3, -0.25) is 9.59 Å². The third-order valence-corrected chi connectivity index (χ3v) is 3.97. The second kappa shape index (κ2) is 8.17. The summed E-state index contributed by atoms with van der Waals surface area (Å²) in [7, 11) is 0. The summed E-state index contributed by atoms with van der Waals surface area (Å²) in [5.74, 6) is -0.910. The van der Waals surface area contributed by atoms with E-state index in [0.29, 0.717) is 0 Å². The lowest BCUT2D eigenvalue weighted by atomic mass is 9.92. The Labute approximate surface area is 144 Å². The van der Waals surface area contributed by atoms with Crippen molar-refractivity contribution in [3.8, 4) is 0 Å². The number of carbonyl (C=O) groups excluding carboxylic acids is 2. The summed E-state index contributed by atoms with van der Waals surface area (Å²) in [6, 6.07) is 0. The number of aliphatic hydroxyl groups excluding tert-OH is 4. The van der Waals surface area contributed by atoms with E-state index >= 15 is 0 Å². The van der Waals surface area contributed by atoms with Crippen molar-refractivity contribution in [2.24, 2.45) is 0 Å². The molecule has 0 amide bonds. The maximum atomic E-state index is 11.9. The van der Waals surface area contributed by atoms with Crippen molar-refractivity contribution in [2.75, 3.05) is 13.2 Å². The van der Waals surface area contributed by atoms with Crippen LogP contribution in [0.25, 0.3) is 0 Å². The highest BCUT2D eigenvalue weighted by Gasteiger charge is 2.47. The molecule has 1 heterocycles. The van der Waals surface area contributed by atoms with Crippen molar-refractivity contribution in [2.45, 2.75) is 49.7 Å². The molecular formula is C16H22O9. The molecule has 0 radical (unpaired) electrons. The number of carbonyl (C=O) groups is 2. The summed E-state index contributed by atoms with van der Waals surface area (Å²) < 4.78 is 15.8. The minimum absolute atomic E-state index is 0.154. The Balaban J connectivity index is 2.21. The molecule has 0 aromatic rings. The van der Waals surface area contributed by atoms with Crippen LogP contribution in [-0.4, -0.2) is 81.7 Å². The molecule has 0 spiro atoms. The number of aliphatic hydroxyl groups is 4. The molecular weight excluding hydrogens is 336 g/mol. The van der Waals surface area contributed by atoms with Crippen molar-refractivity contribution < 1.29 is 44.2 Å². The van der Waals surface area contributed by atoms with Gasteiger partial charge in [0.15, 0.2) is 12.1 Å². The Morgan fingerprint density at radius 2 is 1.84 bits per heavy atom. The molecule has 9 heteroatoms. The summed E-state index contributed by atoms with van der Waals surface area (Å²) in [5.41, 5.74) is -1.44. The van der Waals surface area contributed by atoms with Gasteiger partial charge in [-0.2, -0.15) is 0 Å². The van der Waals surface area contributed by atoms with Crippen LogP contribution in [-0.2, 0) is 23.8 Å². The van der Waals surface area contributed by atoms with Gasteiger partial charge < -0.3 is 34.6 Å². The van der Waals surface area contributed by atoms with Gasteiger partial charge in [0.2, 0.25) is 0 Å². The normalized spacial score (nSPS) is 34.1. The van der Waals surface area contributed by atoms with Crippen molar-refractivity contribution in [3.63, 3.8) is 0 Å². The summed E-state index contributed by atoms with van der Waals surface area (Å²) in [5, 5.41) is 38.9. The smallest absolute Gasteiger partial charge is 0.309 e. The van der Waals surface area contributed by atoms with E-state index in [-0.39, 0.29) is 18.8 Å². The molecule has 5 atom stereocenters. The first-order valence-electron chi connectivity index (χ1n) is 7.88. The highest BCUT2D eigenvalue weighted by Crippen LogP contribution is 2.31. The van der Waals surface area contributed by atoms with E-state index in [1.807, 2.05) is 0 Å². The van der Waals surface area contributed by atoms with Gasteiger partial charge in [0.05, 0.1) is 19.6 Å². The third kappa shape index (κ3) is 4.51. The van der Waals surface area contributed by atoms with Crippen LogP contribution >= 0.6 is 0 Å². The predicted molar refractivity (Wildman–Crippen MR) is 82.1 cm³/mol. The van der Waals surface area contributed by atoms with E-state index < -0.39 is 48.9 Å². The average molecular weight is 358 g/mol. The van der Waals surface area contributed by atoms with Crippen LogP contribution < -0.4 is 0 Å². The van der Waals surface area contributed by atoms with Gasteiger partial charge in [0, 0.05) is 0 Å². The summed E-state index contributed by atoms with van der Waals surface area (Å²) in [6.07, 6.45) is -2.62.